The highest BCUT2D eigenvalue weighted by molar-refractivity contribution is 5.86. The van der Waals surface area contributed by atoms with E-state index in [9.17, 15) is 0 Å². The fraction of sp³-hybridized carbons (Fsp3) is 0.423. The molecular weight excluding hydrogens is 398 g/mol. The number of hydrogen-bond donors (Lipinski definition) is 3. The Kier molecular flexibility index (Phi) is 7.80. The van der Waals surface area contributed by atoms with Gasteiger partial charge in [0, 0.05) is 56.9 Å². The van der Waals surface area contributed by atoms with Crippen LogP contribution in [0.5, 0.6) is 0 Å². The topological polar surface area (TPSA) is 64.7 Å². The molecule has 6 nitrogen and oxygen atoms in total. The molecule has 0 unspecified atom stereocenters. The normalized spacial score (nSPS) is 15.2. The highest BCUT2D eigenvalue weighted by Gasteiger charge is 2.13. The molecule has 6 heteroatoms. The van der Waals surface area contributed by atoms with E-state index in [0.29, 0.717) is 0 Å². The first-order chi connectivity index (χ1) is 15.8. The number of para-hydroxylation sites is 1. The van der Waals surface area contributed by atoms with Crippen molar-refractivity contribution in [1.82, 2.24) is 20.5 Å². The van der Waals surface area contributed by atoms with E-state index in [4.69, 9.17) is 4.74 Å². The van der Waals surface area contributed by atoms with Crippen LogP contribution in [0.15, 0.2) is 53.7 Å². The number of rotatable bonds is 8. The SMILES string of the molecule is CCc1cccc2c(CCNC(=NC)NCc3ccccc3CN3CCOCC3)c[nH]c12. The van der Waals surface area contributed by atoms with Crippen molar-refractivity contribution in [1.29, 1.82) is 0 Å². The van der Waals surface area contributed by atoms with Crippen molar-refractivity contribution in [2.45, 2.75) is 32.9 Å². The minimum Gasteiger partial charge on any atom is -0.379 e. The van der Waals surface area contributed by atoms with Crippen molar-refractivity contribution >= 4 is 16.9 Å². The molecule has 3 N–H and O–H groups in total. The van der Waals surface area contributed by atoms with Gasteiger partial charge in [0.1, 0.15) is 0 Å². The molecule has 2 aromatic carbocycles. The van der Waals surface area contributed by atoms with Crippen LogP contribution in [0.4, 0.5) is 0 Å². The summed E-state index contributed by atoms with van der Waals surface area (Å²) in [5.74, 6) is 0.834. The number of hydrogen-bond acceptors (Lipinski definition) is 3. The van der Waals surface area contributed by atoms with Crippen LogP contribution in [-0.2, 0) is 30.7 Å². The van der Waals surface area contributed by atoms with E-state index in [0.717, 1.165) is 64.7 Å². The summed E-state index contributed by atoms with van der Waals surface area (Å²) in [6.07, 6.45) is 4.13. The number of H-pyrrole nitrogens is 1. The van der Waals surface area contributed by atoms with Gasteiger partial charge < -0.3 is 20.4 Å². The van der Waals surface area contributed by atoms with Gasteiger partial charge in [-0.05, 0) is 35.1 Å². The van der Waals surface area contributed by atoms with E-state index in [1.54, 1.807) is 0 Å². The number of aromatic nitrogens is 1. The number of nitrogens with zero attached hydrogens (tertiary/aromatic N) is 2. The van der Waals surface area contributed by atoms with Crippen LogP contribution in [0.2, 0.25) is 0 Å². The van der Waals surface area contributed by atoms with E-state index in [1.807, 2.05) is 7.05 Å². The van der Waals surface area contributed by atoms with Crippen LogP contribution in [0.3, 0.4) is 0 Å². The number of aliphatic imine (C=N–C) groups is 1. The summed E-state index contributed by atoms with van der Waals surface area (Å²) in [4.78, 5) is 10.3. The standard InChI is InChI=1S/C26H35N5O/c1-3-20-9-6-10-24-22(18-29-25(20)24)11-12-28-26(27-2)30-17-21-7-4-5-8-23(21)19-31-13-15-32-16-14-31/h4-10,18,29H,3,11-17,19H2,1-2H3,(H2,27,28,30). The van der Waals surface area contributed by atoms with E-state index < -0.39 is 0 Å². The Morgan fingerprint density at radius 2 is 1.78 bits per heavy atom. The first kappa shape index (κ1) is 22.4. The molecule has 0 saturated carbocycles. The Morgan fingerprint density at radius 1 is 1.00 bits per heavy atom. The van der Waals surface area contributed by atoms with Gasteiger partial charge in [-0.3, -0.25) is 9.89 Å². The van der Waals surface area contributed by atoms with Crippen molar-refractivity contribution in [3.05, 3.63) is 70.9 Å². The molecule has 1 saturated heterocycles. The molecule has 1 aliphatic rings. The Labute approximate surface area is 191 Å². The Morgan fingerprint density at radius 3 is 2.56 bits per heavy atom. The highest BCUT2D eigenvalue weighted by atomic mass is 16.5. The van der Waals surface area contributed by atoms with Crippen LogP contribution in [-0.4, -0.2) is 55.7 Å². The Bertz CT molecular complexity index is 1040. The number of aromatic amines is 1. The summed E-state index contributed by atoms with van der Waals surface area (Å²) in [6, 6.07) is 15.2. The zero-order valence-electron chi connectivity index (χ0n) is 19.3. The van der Waals surface area contributed by atoms with Crippen molar-refractivity contribution in [3.63, 3.8) is 0 Å². The molecule has 1 aliphatic heterocycles. The Balaban J connectivity index is 1.30. The zero-order valence-corrected chi connectivity index (χ0v) is 19.3. The zero-order chi connectivity index (χ0) is 22.2. The van der Waals surface area contributed by atoms with Crippen molar-refractivity contribution < 1.29 is 4.74 Å². The van der Waals surface area contributed by atoms with Gasteiger partial charge in [-0.25, -0.2) is 0 Å². The number of guanidine groups is 1. The minimum absolute atomic E-state index is 0.757. The predicted octanol–water partition coefficient (Wildman–Crippen LogP) is 3.47. The maximum Gasteiger partial charge on any atom is 0.191 e. The lowest BCUT2D eigenvalue weighted by atomic mass is 10.1. The molecule has 3 aromatic rings. The summed E-state index contributed by atoms with van der Waals surface area (Å²) in [5.41, 5.74) is 6.65. The minimum atomic E-state index is 0.757. The van der Waals surface area contributed by atoms with Crippen LogP contribution >= 0.6 is 0 Å². The molecule has 170 valence electrons. The third-order valence-corrected chi connectivity index (χ3v) is 6.24. The smallest absolute Gasteiger partial charge is 0.191 e. The average molecular weight is 434 g/mol. The molecule has 1 aromatic heterocycles. The number of nitrogens with one attached hydrogen (secondary N) is 3. The molecule has 2 heterocycles. The van der Waals surface area contributed by atoms with Crippen LogP contribution in [0, 0.1) is 0 Å². The fourth-order valence-electron chi connectivity index (χ4n) is 4.38. The van der Waals surface area contributed by atoms with Gasteiger partial charge in [0.15, 0.2) is 5.96 Å². The Hall–Kier alpha value is -2.83. The second-order valence-electron chi connectivity index (χ2n) is 8.27. The second-order valence-corrected chi connectivity index (χ2v) is 8.27. The molecule has 0 amide bonds. The highest BCUT2D eigenvalue weighted by Crippen LogP contribution is 2.22. The van der Waals surface area contributed by atoms with Crippen LogP contribution < -0.4 is 10.6 Å². The number of ether oxygens (including phenoxy) is 1. The second kappa shape index (κ2) is 11.2. The largest absolute Gasteiger partial charge is 0.379 e. The third-order valence-electron chi connectivity index (χ3n) is 6.24. The van der Waals surface area contributed by atoms with Crippen LogP contribution in [0.25, 0.3) is 10.9 Å². The lowest BCUT2D eigenvalue weighted by molar-refractivity contribution is 0.0341. The maximum absolute atomic E-state index is 5.48. The van der Waals surface area contributed by atoms with Gasteiger partial charge in [0.25, 0.3) is 0 Å². The number of morpholine rings is 1. The molecule has 0 bridgehead atoms. The van der Waals surface area contributed by atoms with E-state index >= 15 is 0 Å². The lowest BCUT2D eigenvalue weighted by Crippen LogP contribution is -2.38. The number of fused-ring (bicyclic) bond motifs is 1. The van der Waals surface area contributed by atoms with E-state index in [-0.39, 0.29) is 0 Å². The van der Waals surface area contributed by atoms with E-state index in [1.165, 1.54) is 33.2 Å². The third kappa shape index (κ3) is 5.50. The van der Waals surface area contributed by atoms with Gasteiger partial charge in [-0.15, -0.1) is 0 Å². The van der Waals surface area contributed by atoms with E-state index in [2.05, 4.69) is 81.1 Å². The van der Waals surface area contributed by atoms with Gasteiger partial charge in [-0.1, -0.05) is 49.4 Å². The average Bonchev–Trinajstić information content (AvgIpc) is 3.26. The summed E-state index contributed by atoms with van der Waals surface area (Å²) < 4.78 is 5.48. The summed E-state index contributed by atoms with van der Waals surface area (Å²) in [5, 5.41) is 8.28. The van der Waals surface area contributed by atoms with Crippen molar-refractivity contribution in [3.8, 4) is 0 Å². The predicted molar refractivity (Wildman–Crippen MR) is 132 cm³/mol. The first-order valence-corrected chi connectivity index (χ1v) is 11.7. The summed E-state index contributed by atoms with van der Waals surface area (Å²) >= 11 is 0. The molecule has 0 aliphatic carbocycles. The van der Waals surface area contributed by atoms with Crippen molar-refractivity contribution in [2.75, 3.05) is 39.9 Å². The van der Waals surface area contributed by atoms with Gasteiger partial charge in [0.05, 0.1) is 13.2 Å². The van der Waals surface area contributed by atoms with Gasteiger partial charge in [0.2, 0.25) is 0 Å². The molecule has 4 rings (SSSR count). The monoisotopic (exact) mass is 433 g/mol. The number of benzene rings is 2. The lowest BCUT2D eigenvalue weighted by Gasteiger charge is -2.27. The molecule has 0 spiro atoms. The van der Waals surface area contributed by atoms with Gasteiger partial charge >= 0.3 is 0 Å². The quantitative estimate of drug-likeness (QED) is 0.376. The molecular formula is C26H35N5O. The maximum atomic E-state index is 5.48. The van der Waals surface area contributed by atoms with Crippen molar-refractivity contribution in [2.24, 2.45) is 4.99 Å². The summed E-state index contributed by atoms with van der Waals surface area (Å²) in [6.45, 7) is 8.40. The number of aryl methyl sites for hydroxylation is 1. The fourth-order valence-corrected chi connectivity index (χ4v) is 4.38. The molecule has 0 atom stereocenters. The summed E-state index contributed by atoms with van der Waals surface area (Å²) in [7, 11) is 1.83. The van der Waals surface area contributed by atoms with Crippen LogP contribution in [0.1, 0.15) is 29.2 Å². The first-order valence-electron chi connectivity index (χ1n) is 11.7. The molecule has 1 fully saturated rings. The van der Waals surface area contributed by atoms with Gasteiger partial charge in [-0.2, -0.15) is 0 Å². The molecule has 32 heavy (non-hydrogen) atoms. The molecule has 0 radical (unpaired) electrons.